The molecule has 2 aromatic rings. The van der Waals surface area contributed by atoms with Crippen LogP contribution in [0, 0.1) is 0 Å². The van der Waals surface area contributed by atoms with E-state index in [9.17, 15) is 27.6 Å². The number of carbonyl (C=O) groups is 3. The maximum atomic E-state index is 12.5. The second-order valence-electron chi connectivity index (χ2n) is 9.05. The second-order valence-corrected chi connectivity index (χ2v) is 9.46. The average Bonchev–Trinajstić information content (AvgIpc) is 3.13. The monoisotopic (exact) mass is 589 g/mol. The van der Waals surface area contributed by atoms with Crippen molar-refractivity contribution in [3.8, 4) is 0 Å². The summed E-state index contributed by atoms with van der Waals surface area (Å²) < 4.78 is 37.6. The molecule has 1 aliphatic heterocycles. The molecule has 1 amide bonds. The predicted octanol–water partition coefficient (Wildman–Crippen LogP) is 2.13. The first-order valence-electron chi connectivity index (χ1n) is 12.2. The third-order valence-corrected chi connectivity index (χ3v) is 6.33. The normalized spacial score (nSPS) is 15.3. The molecule has 0 fully saturated rings. The number of benzene rings is 2. The molecule has 7 N–H and O–H groups in total. The highest BCUT2D eigenvalue weighted by molar-refractivity contribution is 6.33. The van der Waals surface area contributed by atoms with Crippen LogP contribution in [0.1, 0.15) is 29.2 Å². The van der Waals surface area contributed by atoms with Gasteiger partial charge in [0.05, 0.1) is 17.1 Å². The number of halogens is 4. The van der Waals surface area contributed by atoms with Crippen LogP contribution in [0.5, 0.6) is 0 Å². The van der Waals surface area contributed by atoms with Crippen LogP contribution in [0.3, 0.4) is 0 Å². The van der Waals surface area contributed by atoms with Crippen LogP contribution in [-0.2, 0) is 40.2 Å². The van der Waals surface area contributed by atoms with E-state index in [1.807, 2.05) is 23.5 Å². The highest BCUT2D eigenvalue weighted by Gasteiger charge is 2.36. The number of amides is 1. The maximum Gasteiger partial charge on any atom is 0.408 e. The molecule has 1 aliphatic rings. The lowest BCUT2D eigenvalue weighted by atomic mass is 10.0. The number of aliphatic carboxylic acids is 2. The van der Waals surface area contributed by atoms with E-state index < -0.39 is 42.3 Å². The molecule has 0 radical (unpaired) electrons. The molecule has 40 heavy (non-hydrogen) atoms. The van der Waals surface area contributed by atoms with Crippen molar-refractivity contribution in [2.75, 3.05) is 18.4 Å². The molecular weight excluding hydrogens is 559 g/mol. The molecule has 2 aromatic carbocycles. The van der Waals surface area contributed by atoms with Gasteiger partial charge in [0.25, 0.3) is 0 Å². The van der Waals surface area contributed by atoms with Crippen molar-refractivity contribution in [2.45, 2.75) is 57.2 Å². The third-order valence-electron chi connectivity index (χ3n) is 6.01. The first kappa shape index (κ1) is 32.8. The van der Waals surface area contributed by atoms with E-state index in [-0.39, 0.29) is 6.42 Å². The van der Waals surface area contributed by atoms with Gasteiger partial charge in [-0.25, -0.2) is 9.59 Å². The largest absolute Gasteiger partial charge is 0.479 e. The van der Waals surface area contributed by atoms with E-state index in [1.54, 1.807) is 12.1 Å². The SMILES string of the molecule is C[C@@H](NC(=O)Cc1ccc(CNc2c(Cl)ccc3c2CCNCC3)cc1)C(F)(F)F.O=C(O)C(O)C(O)C(=O)O. The summed E-state index contributed by atoms with van der Waals surface area (Å²) in [7, 11) is 0. The number of nitrogens with one attached hydrogen (secondary N) is 3. The Hall–Kier alpha value is -3.39. The maximum absolute atomic E-state index is 12.5. The number of rotatable bonds is 9. The molecule has 3 rings (SSSR count). The highest BCUT2D eigenvalue weighted by Crippen LogP contribution is 2.31. The van der Waals surface area contributed by atoms with Gasteiger partial charge in [0.1, 0.15) is 6.04 Å². The Morgan fingerprint density at radius 2 is 1.50 bits per heavy atom. The summed E-state index contributed by atoms with van der Waals surface area (Å²) >= 11 is 6.43. The summed E-state index contributed by atoms with van der Waals surface area (Å²) in [6, 6.07) is 9.36. The van der Waals surface area contributed by atoms with E-state index in [0.29, 0.717) is 17.1 Å². The Kier molecular flexibility index (Phi) is 12.2. The van der Waals surface area contributed by atoms with Gasteiger partial charge in [-0.05, 0) is 61.2 Å². The van der Waals surface area contributed by atoms with Crippen molar-refractivity contribution in [1.29, 1.82) is 0 Å². The van der Waals surface area contributed by atoms with Crippen LogP contribution >= 0.6 is 11.6 Å². The van der Waals surface area contributed by atoms with Gasteiger partial charge in [0.15, 0.2) is 12.2 Å². The molecule has 0 aromatic heterocycles. The molecule has 0 bridgehead atoms. The summed E-state index contributed by atoms with van der Waals surface area (Å²) in [6.07, 6.45) is -7.21. The number of carbonyl (C=O) groups excluding carboxylic acids is 1. The Bertz CT molecular complexity index is 1160. The number of fused-ring (bicyclic) bond motifs is 1. The molecule has 0 saturated carbocycles. The van der Waals surface area contributed by atoms with Crippen molar-refractivity contribution < 1.29 is 48.0 Å². The minimum Gasteiger partial charge on any atom is -0.479 e. The summed E-state index contributed by atoms with van der Waals surface area (Å²) in [5.74, 6) is -4.19. The van der Waals surface area contributed by atoms with Crippen LogP contribution in [0.2, 0.25) is 5.02 Å². The molecule has 0 saturated heterocycles. The zero-order chi connectivity index (χ0) is 30.0. The van der Waals surface area contributed by atoms with Crippen molar-refractivity contribution in [3.63, 3.8) is 0 Å². The minimum atomic E-state index is -4.45. The van der Waals surface area contributed by atoms with Gasteiger partial charge in [-0.2, -0.15) is 13.2 Å². The van der Waals surface area contributed by atoms with Gasteiger partial charge in [-0.1, -0.05) is 41.9 Å². The second kappa shape index (κ2) is 14.8. The van der Waals surface area contributed by atoms with Gasteiger partial charge in [0.2, 0.25) is 5.91 Å². The fourth-order valence-corrected chi connectivity index (χ4v) is 3.97. The Morgan fingerprint density at radius 3 is 2.05 bits per heavy atom. The fraction of sp³-hybridized carbons (Fsp3) is 0.423. The lowest BCUT2D eigenvalue weighted by Crippen LogP contribution is -2.43. The Morgan fingerprint density at radius 1 is 0.950 bits per heavy atom. The number of carboxylic acids is 2. The van der Waals surface area contributed by atoms with Gasteiger partial charge in [0, 0.05) is 6.54 Å². The molecule has 220 valence electrons. The summed E-state index contributed by atoms with van der Waals surface area (Å²) in [5, 5.41) is 42.0. The lowest BCUT2D eigenvalue weighted by Gasteiger charge is -2.17. The number of aliphatic hydroxyl groups is 2. The zero-order valence-electron chi connectivity index (χ0n) is 21.5. The zero-order valence-corrected chi connectivity index (χ0v) is 22.2. The van der Waals surface area contributed by atoms with E-state index in [1.165, 1.54) is 11.1 Å². The van der Waals surface area contributed by atoms with E-state index in [0.717, 1.165) is 44.1 Å². The van der Waals surface area contributed by atoms with E-state index >= 15 is 0 Å². The average molecular weight is 590 g/mol. The molecule has 0 aliphatic carbocycles. The topological polar surface area (TPSA) is 168 Å². The fourth-order valence-electron chi connectivity index (χ4n) is 3.73. The van der Waals surface area contributed by atoms with Gasteiger partial charge < -0.3 is 36.4 Å². The first-order chi connectivity index (χ1) is 18.7. The minimum absolute atomic E-state index is 0.0981. The molecular formula is C26H31ClF3N3O7. The van der Waals surface area contributed by atoms with Crippen LogP contribution in [-0.4, -0.2) is 75.8 Å². The predicted molar refractivity (Wildman–Crippen MR) is 140 cm³/mol. The van der Waals surface area contributed by atoms with Gasteiger partial charge in [-0.3, -0.25) is 4.79 Å². The standard InChI is InChI=1S/C22H25ClF3N3O.C4H6O6/c1-14(22(24,25)26)29-20(30)12-15-2-4-16(5-3-15)13-28-21-18-9-11-27-10-8-17(18)6-7-19(21)23;5-1(3(7)8)2(6)4(9)10/h2-7,14,27-28H,8-13H2,1H3,(H,29,30);1-2,5-6H,(H,7,8)(H,9,10)/t14-;/m1./s1. The molecule has 3 atom stereocenters. The van der Waals surface area contributed by atoms with Crippen LogP contribution < -0.4 is 16.0 Å². The quantitative estimate of drug-likeness (QED) is 0.232. The number of aliphatic hydroxyl groups excluding tert-OH is 2. The summed E-state index contributed by atoms with van der Waals surface area (Å²) in [5.41, 5.74) is 5.12. The Labute approximate surface area is 233 Å². The van der Waals surface area contributed by atoms with Crippen LogP contribution in [0.15, 0.2) is 36.4 Å². The van der Waals surface area contributed by atoms with E-state index in [2.05, 4.69) is 16.7 Å². The number of carboxylic acid groups (broad SMARTS) is 2. The number of hydrogen-bond acceptors (Lipinski definition) is 7. The van der Waals surface area contributed by atoms with Crippen molar-refractivity contribution in [2.24, 2.45) is 0 Å². The first-order valence-corrected chi connectivity index (χ1v) is 12.6. The van der Waals surface area contributed by atoms with Gasteiger partial charge >= 0.3 is 18.1 Å². The van der Waals surface area contributed by atoms with Crippen molar-refractivity contribution >= 4 is 35.1 Å². The van der Waals surface area contributed by atoms with Crippen molar-refractivity contribution in [3.05, 3.63) is 63.7 Å². The third kappa shape index (κ3) is 9.97. The molecule has 2 unspecified atom stereocenters. The Balaban J connectivity index is 0.000000478. The molecule has 14 heteroatoms. The molecule has 1 heterocycles. The lowest BCUT2D eigenvalue weighted by molar-refractivity contribution is -0.165. The summed E-state index contributed by atoms with van der Waals surface area (Å²) in [6.45, 7) is 3.34. The van der Waals surface area contributed by atoms with Crippen LogP contribution in [0.25, 0.3) is 0 Å². The smallest absolute Gasteiger partial charge is 0.408 e. The van der Waals surface area contributed by atoms with Crippen LogP contribution in [0.4, 0.5) is 18.9 Å². The van der Waals surface area contributed by atoms with Crippen molar-refractivity contribution in [1.82, 2.24) is 10.6 Å². The molecule has 10 nitrogen and oxygen atoms in total. The number of alkyl halides is 3. The van der Waals surface area contributed by atoms with Gasteiger partial charge in [-0.15, -0.1) is 0 Å². The summed E-state index contributed by atoms with van der Waals surface area (Å²) in [4.78, 5) is 31.4. The highest BCUT2D eigenvalue weighted by atomic mass is 35.5. The number of anilines is 1. The number of hydrogen-bond donors (Lipinski definition) is 7. The van der Waals surface area contributed by atoms with E-state index in [4.69, 9.17) is 32.0 Å². The molecule has 0 spiro atoms.